The van der Waals surface area contributed by atoms with Gasteiger partial charge in [-0.1, -0.05) is 30.3 Å². The van der Waals surface area contributed by atoms with Gasteiger partial charge in [-0.05, 0) is 65.0 Å². The van der Waals surface area contributed by atoms with Gasteiger partial charge in [0.05, 0.1) is 18.4 Å². The van der Waals surface area contributed by atoms with Crippen LogP contribution in [-0.2, 0) is 7.05 Å². The molecule has 5 heteroatoms. The Kier molecular flexibility index (Phi) is 4.82. The van der Waals surface area contributed by atoms with E-state index in [2.05, 4.69) is 28.8 Å². The zero-order chi connectivity index (χ0) is 19.7. The van der Waals surface area contributed by atoms with Crippen LogP contribution in [0, 0.1) is 11.3 Å². The summed E-state index contributed by atoms with van der Waals surface area (Å²) in [6.07, 6.45) is 0. The van der Waals surface area contributed by atoms with Gasteiger partial charge in [0.25, 0.3) is 0 Å². The number of benzene rings is 3. The summed E-state index contributed by atoms with van der Waals surface area (Å²) >= 11 is 1.21. The van der Waals surface area contributed by atoms with E-state index in [0.717, 1.165) is 43.9 Å². The van der Waals surface area contributed by atoms with Crippen LogP contribution in [0.1, 0.15) is 5.56 Å². The van der Waals surface area contributed by atoms with Crippen molar-refractivity contribution in [2.75, 3.05) is 7.11 Å². The monoisotopic (exact) mass is 385 g/mol. The highest BCUT2D eigenvalue weighted by atomic mass is 32.2. The van der Waals surface area contributed by atoms with Gasteiger partial charge in [0, 0.05) is 22.8 Å². The number of aryl methyl sites for hydroxylation is 1. The van der Waals surface area contributed by atoms with Gasteiger partial charge in [-0.3, -0.25) is 5.14 Å². The average Bonchev–Trinajstić information content (AvgIpc) is 3.04. The normalized spacial score (nSPS) is 10.8. The van der Waals surface area contributed by atoms with Crippen LogP contribution in [0.2, 0.25) is 0 Å². The van der Waals surface area contributed by atoms with Gasteiger partial charge >= 0.3 is 0 Å². The lowest BCUT2D eigenvalue weighted by atomic mass is 10.0. The minimum Gasteiger partial charge on any atom is -0.497 e. The van der Waals surface area contributed by atoms with Gasteiger partial charge in [-0.25, -0.2) is 0 Å². The van der Waals surface area contributed by atoms with E-state index in [1.165, 1.54) is 11.9 Å². The molecule has 1 heterocycles. The molecule has 4 nitrogen and oxygen atoms in total. The standard InChI is InChI=1S/C23H19N3OS/c1-26-22-11-8-17(16-4-3-5-18(12-16)27-2)13-20(22)21(14-24)23(26)15-6-9-19(28-25)10-7-15/h3-13H,25H2,1-2H3. The van der Waals surface area contributed by atoms with E-state index in [-0.39, 0.29) is 0 Å². The van der Waals surface area contributed by atoms with Crippen molar-refractivity contribution in [3.05, 3.63) is 72.3 Å². The molecule has 0 aliphatic heterocycles. The van der Waals surface area contributed by atoms with Gasteiger partial charge < -0.3 is 9.30 Å². The maximum absolute atomic E-state index is 9.93. The zero-order valence-corrected chi connectivity index (χ0v) is 16.5. The molecular weight excluding hydrogens is 366 g/mol. The van der Waals surface area contributed by atoms with E-state index < -0.39 is 0 Å². The van der Waals surface area contributed by atoms with Crippen molar-refractivity contribution in [1.29, 1.82) is 5.26 Å². The highest BCUT2D eigenvalue weighted by molar-refractivity contribution is 7.97. The van der Waals surface area contributed by atoms with E-state index in [0.29, 0.717) is 5.56 Å². The molecule has 28 heavy (non-hydrogen) atoms. The molecule has 1 aromatic heterocycles. The number of nitrogens with two attached hydrogens (primary N) is 1. The van der Waals surface area contributed by atoms with Gasteiger partial charge in [0.15, 0.2) is 0 Å². The number of aromatic nitrogens is 1. The van der Waals surface area contributed by atoms with Crippen molar-refractivity contribution in [2.24, 2.45) is 12.2 Å². The van der Waals surface area contributed by atoms with Crippen molar-refractivity contribution in [3.8, 4) is 34.2 Å². The third-order valence-corrected chi connectivity index (χ3v) is 5.52. The van der Waals surface area contributed by atoms with Crippen molar-refractivity contribution >= 4 is 22.9 Å². The fourth-order valence-corrected chi connectivity index (χ4v) is 3.86. The van der Waals surface area contributed by atoms with Gasteiger partial charge in [-0.2, -0.15) is 5.26 Å². The molecular formula is C23H19N3OS. The van der Waals surface area contributed by atoms with Crippen LogP contribution < -0.4 is 9.88 Å². The number of rotatable bonds is 4. The van der Waals surface area contributed by atoms with Crippen LogP contribution in [0.5, 0.6) is 5.75 Å². The van der Waals surface area contributed by atoms with Gasteiger partial charge in [0.2, 0.25) is 0 Å². The van der Waals surface area contributed by atoms with Crippen LogP contribution in [-0.4, -0.2) is 11.7 Å². The second-order valence-electron chi connectivity index (χ2n) is 6.50. The Morgan fingerprint density at radius 2 is 1.68 bits per heavy atom. The third-order valence-electron chi connectivity index (χ3n) is 4.98. The summed E-state index contributed by atoms with van der Waals surface area (Å²) in [6, 6.07) is 24.5. The van der Waals surface area contributed by atoms with E-state index in [1.807, 2.05) is 55.6 Å². The molecule has 3 aromatic carbocycles. The summed E-state index contributed by atoms with van der Waals surface area (Å²) < 4.78 is 7.42. The van der Waals surface area contributed by atoms with E-state index in [4.69, 9.17) is 9.88 Å². The lowest BCUT2D eigenvalue weighted by Crippen LogP contribution is -1.93. The topological polar surface area (TPSA) is 64.0 Å². The molecule has 2 N–H and O–H groups in total. The second-order valence-corrected chi connectivity index (χ2v) is 7.21. The lowest BCUT2D eigenvalue weighted by Gasteiger charge is -2.06. The summed E-state index contributed by atoms with van der Waals surface area (Å²) in [7, 11) is 3.66. The SMILES string of the molecule is COc1cccc(-c2ccc3c(c2)c(C#N)c(-c2ccc(SN)cc2)n3C)c1. The van der Waals surface area contributed by atoms with E-state index in [9.17, 15) is 5.26 Å². The summed E-state index contributed by atoms with van der Waals surface area (Å²) in [4.78, 5) is 0.987. The molecule has 0 saturated carbocycles. The summed E-state index contributed by atoms with van der Waals surface area (Å²) in [5, 5.41) is 16.5. The first-order chi connectivity index (χ1) is 13.7. The third kappa shape index (κ3) is 3.03. The largest absolute Gasteiger partial charge is 0.497 e. The number of hydrogen-bond acceptors (Lipinski definition) is 4. The number of methoxy groups -OCH3 is 1. The van der Waals surface area contributed by atoms with Crippen LogP contribution in [0.25, 0.3) is 33.3 Å². The molecule has 0 radical (unpaired) electrons. The minimum atomic E-state index is 0.676. The molecule has 0 unspecified atom stereocenters. The predicted octanol–water partition coefficient (Wildman–Crippen LogP) is 5.36. The van der Waals surface area contributed by atoms with Crippen LogP contribution >= 0.6 is 11.9 Å². The number of hydrogen-bond donors (Lipinski definition) is 1. The highest BCUT2D eigenvalue weighted by Crippen LogP contribution is 2.36. The Hall–Kier alpha value is -3.20. The molecule has 0 saturated heterocycles. The molecule has 4 aromatic rings. The predicted molar refractivity (Wildman–Crippen MR) is 115 cm³/mol. The van der Waals surface area contributed by atoms with Crippen molar-refractivity contribution < 1.29 is 4.74 Å². The summed E-state index contributed by atoms with van der Waals surface area (Å²) in [5.74, 6) is 0.810. The summed E-state index contributed by atoms with van der Waals surface area (Å²) in [6.45, 7) is 0. The molecule has 0 bridgehead atoms. The van der Waals surface area contributed by atoms with Crippen molar-refractivity contribution in [3.63, 3.8) is 0 Å². The Morgan fingerprint density at radius 1 is 0.964 bits per heavy atom. The Morgan fingerprint density at radius 3 is 2.36 bits per heavy atom. The maximum Gasteiger partial charge on any atom is 0.119 e. The minimum absolute atomic E-state index is 0.676. The first-order valence-corrected chi connectivity index (χ1v) is 9.68. The van der Waals surface area contributed by atoms with Crippen molar-refractivity contribution in [2.45, 2.75) is 4.90 Å². The molecule has 0 amide bonds. The second kappa shape index (κ2) is 7.43. The average molecular weight is 385 g/mol. The summed E-state index contributed by atoms with van der Waals surface area (Å²) in [5.41, 5.74) is 5.71. The fraction of sp³-hybridized carbons (Fsp3) is 0.0870. The Bertz CT molecular complexity index is 1200. The smallest absolute Gasteiger partial charge is 0.119 e. The number of ether oxygens (including phenoxy) is 1. The first kappa shape index (κ1) is 18.2. The van der Waals surface area contributed by atoms with Crippen LogP contribution in [0.4, 0.5) is 0 Å². The fourth-order valence-electron chi connectivity index (χ4n) is 3.57. The first-order valence-electron chi connectivity index (χ1n) is 8.80. The molecule has 0 aliphatic rings. The van der Waals surface area contributed by atoms with Crippen LogP contribution in [0.15, 0.2) is 71.6 Å². The molecule has 0 spiro atoms. The lowest BCUT2D eigenvalue weighted by molar-refractivity contribution is 0.415. The van der Waals surface area contributed by atoms with E-state index in [1.54, 1.807) is 7.11 Å². The molecule has 0 fully saturated rings. The number of nitriles is 1. The molecule has 0 atom stereocenters. The molecule has 0 aliphatic carbocycles. The van der Waals surface area contributed by atoms with E-state index >= 15 is 0 Å². The number of fused-ring (bicyclic) bond motifs is 1. The Labute approximate surface area is 168 Å². The number of nitrogens with zero attached hydrogens (tertiary/aromatic N) is 2. The Balaban J connectivity index is 1.91. The maximum atomic E-state index is 9.93. The van der Waals surface area contributed by atoms with Crippen LogP contribution in [0.3, 0.4) is 0 Å². The molecule has 138 valence electrons. The van der Waals surface area contributed by atoms with Crippen molar-refractivity contribution in [1.82, 2.24) is 4.57 Å². The quantitative estimate of drug-likeness (QED) is 0.480. The molecule has 4 rings (SSSR count). The van der Waals surface area contributed by atoms with Gasteiger partial charge in [-0.15, -0.1) is 0 Å². The highest BCUT2D eigenvalue weighted by Gasteiger charge is 2.17. The zero-order valence-electron chi connectivity index (χ0n) is 15.6. The van der Waals surface area contributed by atoms with Gasteiger partial charge in [0.1, 0.15) is 11.8 Å².